The Hall–Kier alpha value is -1.88. The second-order valence-corrected chi connectivity index (χ2v) is 7.05. The van der Waals surface area contributed by atoms with Crippen LogP contribution in [-0.4, -0.2) is 16.6 Å². The summed E-state index contributed by atoms with van der Waals surface area (Å²) in [5, 5.41) is 6.19. The molecule has 1 aliphatic heterocycles. The van der Waals surface area contributed by atoms with Gasteiger partial charge in [0.25, 0.3) is 0 Å². The SMILES string of the molecule is CC(C)CC(=O)N1N=C(c2ccco2)C[C@H]1c1cccc(Br)c1. The average Bonchev–Trinajstić information content (AvgIpc) is 3.16. The van der Waals surface area contributed by atoms with Gasteiger partial charge in [-0.05, 0) is 35.7 Å². The highest BCUT2D eigenvalue weighted by atomic mass is 79.9. The highest BCUT2D eigenvalue weighted by Crippen LogP contribution is 2.34. The van der Waals surface area contributed by atoms with Crippen LogP contribution in [0.15, 0.2) is 56.7 Å². The van der Waals surface area contributed by atoms with Gasteiger partial charge in [0.05, 0.1) is 12.3 Å². The third-order valence-electron chi connectivity index (χ3n) is 3.79. The van der Waals surface area contributed by atoms with E-state index in [4.69, 9.17) is 4.42 Å². The van der Waals surface area contributed by atoms with Crippen LogP contribution in [0.2, 0.25) is 0 Å². The van der Waals surface area contributed by atoms with E-state index in [1.807, 2.05) is 50.2 Å². The second kappa shape index (κ2) is 6.71. The molecule has 2 aromatic rings. The third-order valence-corrected chi connectivity index (χ3v) is 4.28. The van der Waals surface area contributed by atoms with Crippen LogP contribution < -0.4 is 0 Å². The molecule has 0 N–H and O–H groups in total. The Balaban J connectivity index is 1.93. The first kappa shape index (κ1) is 16.0. The molecule has 1 aromatic carbocycles. The Morgan fingerprint density at radius 3 is 2.87 bits per heavy atom. The van der Waals surface area contributed by atoms with Crippen molar-refractivity contribution in [3.63, 3.8) is 0 Å². The Morgan fingerprint density at radius 1 is 1.39 bits per heavy atom. The summed E-state index contributed by atoms with van der Waals surface area (Å²) in [5.74, 6) is 1.07. The molecule has 2 heterocycles. The molecule has 3 rings (SSSR count). The van der Waals surface area contributed by atoms with E-state index in [9.17, 15) is 4.79 Å². The number of rotatable bonds is 4. The standard InChI is InChI=1S/C18H19BrN2O2/c1-12(2)9-18(22)21-16(13-5-3-6-14(19)10-13)11-15(20-21)17-7-4-8-23-17/h3-8,10,12,16H,9,11H2,1-2H3/t16-/m0/s1. The van der Waals surface area contributed by atoms with Gasteiger partial charge in [-0.2, -0.15) is 5.10 Å². The summed E-state index contributed by atoms with van der Waals surface area (Å²) in [6, 6.07) is 11.7. The molecule has 1 amide bonds. The Morgan fingerprint density at radius 2 is 2.22 bits per heavy atom. The molecular formula is C18H19BrN2O2. The summed E-state index contributed by atoms with van der Waals surface area (Å²) in [5.41, 5.74) is 1.89. The Kier molecular flexibility index (Phi) is 4.66. The van der Waals surface area contributed by atoms with Crippen molar-refractivity contribution in [1.82, 2.24) is 5.01 Å². The van der Waals surface area contributed by atoms with Crippen LogP contribution in [0, 0.1) is 5.92 Å². The van der Waals surface area contributed by atoms with Gasteiger partial charge in [0.2, 0.25) is 5.91 Å². The van der Waals surface area contributed by atoms with Crippen molar-refractivity contribution in [2.24, 2.45) is 11.0 Å². The van der Waals surface area contributed by atoms with E-state index < -0.39 is 0 Å². The number of hydrogen-bond acceptors (Lipinski definition) is 3. The van der Waals surface area contributed by atoms with Crippen molar-refractivity contribution in [2.45, 2.75) is 32.7 Å². The van der Waals surface area contributed by atoms with Crippen molar-refractivity contribution < 1.29 is 9.21 Å². The lowest BCUT2D eigenvalue weighted by Crippen LogP contribution is -2.27. The molecule has 0 saturated carbocycles. The smallest absolute Gasteiger partial charge is 0.243 e. The number of nitrogens with zero attached hydrogens (tertiary/aromatic N) is 2. The first-order valence-electron chi connectivity index (χ1n) is 7.73. The molecule has 0 unspecified atom stereocenters. The molecule has 5 heteroatoms. The lowest BCUT2D eigenvalue weighted by Gasteiger charge is -2.23. The van der Waals surface area contributed by atoms with Crippen LogP contribution in [-0.2, 0) is 4.79 Å². The number of hydrazone groups is 1. The molecule has 1 atom stereocenters. The highest BCUT2D eigenvalue weighted by molar-refractivity contribution is 9.10. The zero-order valence-electron chi connectivity index (χ0n) is 13.2. The first-order chi connectivity index (χ1) is 11.0. The van der Waals surface area contributed by atoms with Crippen molar-refractivity contribution >= 4 is 27.5 Å². The van der Waals surface area contributed by atoms with E-state index in [1.54, 1.807) is 11.3 Å². The fraction of sp³-hybridized carbons (Fsp3) is 0.333. The van der Waals surface area contributed by atoms with E-state index in [2.05, 4.69) is 21.0 Å². The number of amides is 1. The highest BCUT2D eigenvalue weighted by Gasteiger charge is 2.34. The van der Waals surface area contributed by atoms with E-state index in [0.29, 0.717) is 18.8 Å². The Labute approximate surface area is 144 Å². The number of hydrogen-bond donors (Lipinski definition) is 0. The van der Waals surface area contributed by atoms with Gasteiger partial charge in [-0.25, -0.2) is 5.01 Å². The van der Waals surface area contributed by atoms with Crippen molar-refractivity contribution in [1.29, 1.82) is 0 Å². The predicted molar refractivity (Wildman–Crippen MR) is 93.0 cm³/mol. The van der Waals surface area contributed by atoms with E-state index in [1.165, 1.54) is 0 Å². The minimum absolute atomic E-state index is 0.0477. The van der Waals surface area contributed by atoms with E-state index in [-0.39, 0.29) is 11.9 Å². The zero-order valence-corrected chi connectivity index (χ0v) is 14.8. The van der Waals surface area contributed by atoms with Crippen LogP contribution in [0.5, 0.6) is 0 Å². The molecule has 1 aliphatic rings. The number of benzene rings is 1. The molecule has 4 nitrogen and oxygen atoms in total. The molecular weight excluding hydrogens is 356 g/mol. The van der Waals surface area contributed by atoms with Crippen molar-refractivity contribution in [2.75, 3.05) is 0 Å². The third kappa shape index (κ3) is 3.55. The van der Waals surface area contributed by atoms with Gasteiger partial charge in [0.15, 0.2) is 0 Å². The number of carbonyl (C=O) groups is 1. The largest absolute Gasteiger partial charge is 0.463 e. The van der Waals surface area contributed by atoms with E-state index >= 15 is 0 Å². The summed E-state index contributed by atoms with van der Waals surface area (Å²) in [7, 11) is 0. The normalized spacial score (nSPS) is 17.7. The molecule has 0 spiro atoms. The fourth-order valence-corrected chi connectivity index (χ4v) is 3.17. The minimum atomic E-state index is -0.0844. The van der Waals surface area contributed by atoms with Crippen LogP contribution in [0.4, 0.5) is 0 Å². The maximum atomic E-state index is 12.6. The van der Waals surface area contributed by atoms with Gasteiger partial charge in [-0.3, -0.25) is 4.79 Å². The Bertz CT molecular complexity index is 722. The zero-order chi connectivity index (χ0) is 16.4. The summed E-state index contributed by atoms with van der Waals surface area (Å²) in [4.78, 5) is 12.6. The molecule has 0 saturated heterocycles. The molecule has 0 radical (unpaired) electrons. The maximum absolute atomic E-state index is 12.6. The molecule has 1 aromatic heterocycles. The van der Waals surface area contributed by atoms with Crippen molar-refractivity contribution in [3.8, 4) is 0 Å². The topological polar surface area (TPSA) is 45.8 Å². The van der Waals surface area contributed by atoms with Gasteiger partial charge >= 0.3 is 0 Å². The summed E-state index contributed by atoms with van der Waals surface area (Å²) in [6.07, 6.45) is 2.78. The first-order valence-corrected chi connectivity index (χ1v) is 8.53. The van der Waals surface area contributed by atoms with Gasteiger partial charge in [0, 0.05) is 17.3 Å². The fourth-order valence-electron chi connectivity index (χ4n) is 2.75. The molecule has 120 valence electrons. The maximum Gasteiger partial charge on any atom is 0.243 e. The van der Waals surface area contributed by atoms with E-state index in [0.717, 1.165) is 21.5 Å². The van der Waals surface area contributed by atoms with Crippen LogP contribution in [0.25, 0.3) is 0 Å². The lowest BCUT2D eigenvalue weighted by atomic mass is 10.0. The molecule has 0 fully saturated rings. The van der Waals surface area contributed by atoms with Crippen LogP contribution in [0.3, 0.4) is 0 Å². The van der Waals surface area contributed by atoms with Crippen molar-refractivity contribution in [3.05, 3.63) is 58.5 Å². The van der Waals surface area contributed by atoms with Gasteiger partial charge < -0.3 is 4.42 Å². The quantitative estimate of drug-likeness (QED) is 0.773. The summed E-state index contributed by atoms with van der Waals surface area (Å²) in [6.45, 7) is 4.08. The second-order valence-electron chi connectivity index (χ2n) is 6.14. The molecule has 0 bridgehead atoms. The van der Waals surface area contributed by atoms with Crippen LogP contribution >= 0.6 is 15.9 Å². The number of carbonyl (C=O) groups excluding carboxylic acids is 1. The molecule has 23 heavy (non-hydrogen) atoms. The minimum Gasteiger partial charge on any atom is -0.463 e. The molecule has 0 aliphatic carbocycles. The van der Waals surface area contributed by atoms with Gasteiger partial charge in [-0.15, -0.1) is 0 Å². The van der Waals surface area contributed by atoms with Gasteiger partial charge in [-0.1, -0.05) is 41.9 Å². The number of furan rings is 1. The average molecular weight is 375 g/mol. The monoisotopic (exact) mass is 374 g/mol. The van der Waals surface area contributed by atoms with Crippen LogP contribution in [0.1, 0.15) is 44.1 Å². The summed E-state index contributed by atoms with van der Waals surface area (Å²) < 4.78 is 6.45. The lowest BCUT2D eigenvalue weighted by molar-refractivity contribution is -0.133. The predicted octanol–water partition coefficient (Wildman–Crippen LogP) is 4.77. The van der Waals surface area contributed by atoms with Gasteiger partial charge in [0.1, 0.15) is 11.5 Å². The summed E-state index contributed by atoms with van der Waals surface area (Å²) >= 11 is 3.50. The number of halogens is 1.